The molecule has 0 fully saturated rings. The molecule has 1 aromatic carbocycles. The van der Waals surface area contributed by atoms with E-state index >= 15 is 0 Å². The predicted octanol–water partition coefficient (Wildman–Crippen LogP) is 3.26. The van der Waals surface area contributed by atoms with Gasteiger partial charge in [0.25, 0.3) is 0 Å². The molecule has 2 aromatic heterocycles. The SMILES string of the molecule is C/C(=N/NC(=O)CSc1cccc2cccnc12)c1ccccn1. The number of carbonyl (C=O) groups excluding carboxylic acids is 1. The van der Waals surface area contributed by atoms with Crippen LogP contribution in [0.1, 0.15) is 12.6 Å². The average Bonchev–Trinajstić information content (AvgIpc) is 2.65. The highest BCUT2D eigenvalue weighted by molar-refractivity contribution is 8.00. The normalized spacial score (nSPS) is 11.5. The highest BCUT2D eigenvalue weighted by Crippen LogP contribution is 2.25. The Balaban J connectivity index is 1.61. The first-order valence-electron chi connectivity index (χ1n) is 7.45. The summed E-state index contributed by atoms with van der Waals surface area (Å²) in [4.78, 5) is 21.6. The Morgan fingerprint density at radius 2 is 1.92 bits per heavy atom. The Morgan fingerprint density at radius 3 is 2.75 bits per heavy atom. The summed E-state index contributed by atoms with van der Waals surface area (Å²) in [6, 6.07) is 15.4. The Hall–Kier alpha value is -2.73. The summed E-state index contributed by atoms with van der Waals surface area (Å²) < 4.78 is 0. The minimum Gasteiger partial charge on any atom is -0.272 e. The molecule has 1 amide bonds. The number of rotatable bonds is 5. The first-order valence-corrected chi connectivity index (χ1v) is 8.43. The summed E-state index contributed by atoms with van der Waals surface area (Å²) in [5.41, 5.74) is 4.88. The van der Waals surface area contributed by atoms with Crippen LogP contribution in [-0.2, 0) is 4.79 Å². The Morgan fingerprint density at radius 1 is 1.08 bits per heavy atom. The topological polar surface area (TPSA) is 67.2 Å². The third-order valence-corrected chi connectivity index (χ3v) is 4.39. The van der Waals surface area contributed by atoms with Crippen LogP contribution >= 0.6 is 11.8 Å². The van der Waals surface area contributed by atoms with Gasteiger partial charge in [-0.1, -0.05) is 24.3 Å². The van der Waals surface area contributed by atoms with Gasteiger partial charge in [-0.15, -0.1) is 11.8 Å². The number of hydrogen-bond acceptors (Lipinski definition) is 5. The fourth-order valence-electron chi connectivity index (χ4n) is 2.15. The van der Waals surface area contributed by atoms with Crippen LogP contribution in [0, 0.1) is 0 Å². The van der Waals surface area contributed by atoms with Crippen LogP contribution in [0.5, 0.6) is 0 Å². The van der Waals surface area contributed by atoms with E-state index in [-0.39, 0.29) is 11.7 Å². The summed E-state index contributed by atoms with van der Waals surface area (Å²) >= 11 is 1.45. The second kappa shape index (κ2) is 7.70. The monoisotopic (exact) mass is 336 g/mol. The van der Waals surface area contributed by atoms with E-state index in [1.807, 2.05) is 55.5 Å². The number of benzene rings is 1. The molecule has 0 aliphatic rings. The molecule has 0 aliphatic carbocycles. The van der Waals surface area contributed by atoms with E-state index in [0.717, 1.165) is 21.5 Å². The van der Waals surface area contributed by atoms with Crippen LogP contribution in [0.3, 0.4) is 0 Å². The van der Waals surface area contributed by atoms with Crippen LogP contribution in [0.4, 0.5) is 0 Å². The van der Waals surface area contributed by atoms with Crippen molar-refractivity contribution in [1.82, 2.24) is 15.4 Å². The lowest BCUT2D eigenvalue weighted by atomic mass is 10.2. The number of carbonyl (C=O) groups is 1. The molecule has 0 bridgehead atoms. The second-order valence-corrected chi connectivity index (χ2v) is 6.08. The van der Waals surface area contributed by atoms with E-state index < -0.39 is 0 Å². The molecule has 0 atom stereocenters. The van der Waals surface area contributed by atoms with Crippen molar-refractivity contribution in [1.29, 1.82) is 0 Å². The molecule has 0 radical (unpaired) electrons. The quantitative estimate of drug-likeness (QED) is 0.441. The number of nitrogens with zero attached hydrogens (tertiary/aromatic N) is 3. The van der Waals surface area contributed by atoms with E-state index in [0.29, 0.717) is 5.71 Å². The van der Waals surface area contributed by atoms with Crippen molar-refractivity contribution in [3.8, 4) is 0 Å². The zero-order valence-corrected chi connectivity index (χ0v) is 14.0. The van der Waals surface area contributed by atoms with Crippen molar-refractivity contribution >= 4 is 34.3 Å². The lowest BCUT2D eigenvalue weighted by molar-refractivity contribution is -0.118. The van der Waals surface area contributed by atoms with Gasteiger partial charge in [0.2, 0.25) is 5.91 Å². The maximum Gasteiger partial charge on any atom is 0.250 e. The Kier molecular flexibility index (Phi) is 5.18. The summed E-state index contributed by atoms with van der Waals surface area (Å²) in [6.45, 7) is 1.81. The molecule has 1 N–H and O–H groups in total. The lowest BCUT2D eigenvalue weighted by Crippen LogP contribution is -2.21. The molecule has 3 aromatic rings. The summed E-state index contributed by atoms with van der Waals surface area (Å²) in [5, 5.41) is 5.16. The molecule has 0 saturated heterocycles. The maximum absolute atomic E-state index is 12.0. The van der Waals surface area contributed by atoms with E-state index in [4.69, 9.17) is 0 Å². The maximum atomic E-state index is 12.0. The molecule has 0 aliphatic heterocycles. The molecule has 6 heteroatoms. The van der Waals surface area contributed by atoms with E-state index in [9.17, 15) is 4.79 Å². The average molecular weight is 336 g/mol. The number of hydrazone groups is 1. The number of hydrogen-bond donors (Lipinski definition) is 1. The molecule has 24 heavy (non-hydrogen) atoms. The summed E-state index contributed by atoms with van der Waals surface area (Å²) in [7, 11) is 0. The molecular formula is C18H16N4OS. The zero-order chi connectivity index (χ0) is 16.8. The second-order valence-electron chi connectivity index (χ2n) is 5.07. The van der Waals surface area contributed by atoms with Gasteiger partial charge in [0.05, 0.1) is 22.7 Å². The number of thioether (sulfide) groups is 1. The number of nitrogens with one attached hydrogen (secondary N) is 1. The highest BCUT2D eigenvalue weighted by atomic mass is 32.2. The van der Waals surface area contributed by atoms with Crippen LogP contribution in [0.15, 0.2) is 70.9 Å². The van der Waals surface area contributed by atoms with Crippen molar-refractivity contribution in [2.75, 3.05) is 5.75 Å². The fraction of sp³-hybridized carbons (Fsp3) is 0.111. The smallest absolute Gasteiger partial charge is 0.250 e. The van der Waals surface area contributed by atoms with Gasteiger partial charge in [-0.2, -0.15) is 5.10 Å². The van der Waals surface area contributed by atoms with Crippen LogP contribution in [0.25, 0.3) is 10.9 Å². The third kappa shape index (κ3) is 3.97. The highest BCUT2D eigenvalue weighted by Gasteiger charge is 2.06. The van der Waals surface area contributed by atoms with Gasteiger partial charge in [0, 0.05) is 22.7 Å². The molecule has 3 rings (SSSR count). The Labute approximate surface area is 144 Å². The molecule has 0 saturated carbocycles. The Bertz CT molecular complexity index is 875. The van der Waals surface area contributed by atoms with Crippen LogP contribution < -0.4 is 5.43 Å². The van der Waals surface area contributed by atoms with Gasteiger partial charge in [-0.3, -0.25) is 14.8 Å². The molecule has 0 unspecified atom stereocenters. The fourth-order valence-corrected chi connectivity index (χ4v) is 2.98. The van der Waals surface area contributed by atoms with Crippen molar-refractivity contribution in [3.05, 3.63) is 66.6 Å². The van der Waals surface area contributed by atoms with Gasteiger partial charge >= 0.3 is 0 Å². The molecule has 120 valence electrons. The van der Waals surface area contributed by atoms with E-state index in [1.165, 1.54) is 11.8 Å². The molecule has 2 heterocycles. The van der Waals surface area contributed by atoms with E-state index in [2.05, 4.69) is 20.5 Å². The number of aromatic nitrogens is 2. The van der Waals surface area contributed by atoms with Gasteiger partial charge < -0.3 is 0 Å². The minimum absolute atomic E-state index is 0.164. The van der Waals surface area contributed by atoms with Crippen molar-refractivity contribution < 1.29 is 4.79 Å². The zero-order valence-electron chi connectivity index (χ0n) is 13.1. The van der Waals surface area contributed by atoms with Crippen molar-refractivity contribution in [2.45, 2.75) is 11.8 Å². The van der Waals surface area contributed by atoms with Gasteiger partial charge in [-0.05, 0) is 31.2 Å². The summed E-state index contributed by atoms with van der Waals surface area (Å²) in [6.07, 6.45) is 3.45. The van der Waals surface area contributed by atoms with Gasteiger partial charge in [0.1, 0.15) is 0 Å². The summed E-state index contributed by atoms with van der Waals surface area (Å²) in [5.74, 6) is 0.109. The van der Waals surface area contributed by atoms with Crippen LogP contribution in [0.2, 0.25) is 0 Å². The van der Waals surface area contributed by atoms with Crippen molar-refractivity contribution in [2.24, 2.45) is 5.10 Å². The van der Waals surface area contributed by atoms with Crippen LogP contribution in [-0.4, -0.2) is 27.3 Å². The predicted molar refractivity (Wildman–Crippen MR) is 97.1 cm³/mol. The first-order chi connectivity index (χ1) is 11.7. The minimum atomic E-state index is -0.164. The number of amides is 1. The molecule has 5 nitrogen and oxygen atoms in total. The third-order valence-electron chi connectivity index (χ3n) is 3.34. The number of fused-ring (bicyclic) bond motifs is 1. The molecule has 0 spiro atoms. The number of para-hydroxylation sites is 1. The number of pyridine rings is 2. The lowest BCUT2D eigenvalue weighted by Gasteiger charge is -2.05. The standard InChI is InChI=1S/C18H16N4OS/c1-13(15-8-2-3-10-19-15)21-22-17(23)12-24-16-9-4-6-14-7-5-11-20-18(14)16/h2-11H,12H2,1H3,(H,22,23)/b21-13-. The van der Waals surface area contributed by atoms with Crippen molar-refractivity contribution in [3.63, 3.8) is 0 Å². The van der Waals surface area contributed by atoms with Gasteiger partial charge in [0.15, 0.2) is 0 Å². The largest absolute Gasteiger partial charge is 0.272 e. The van der Waals surface area contributed by atoms with E-state index in [1.54, 1.807) is 12.4 Å². The molecular weight excluding hydrogens is 320 g/mol. The first kappa shape index (κ1) is 16.1. The van der Waals surface area contributed by atoms with Gasteiger partial charge in [-0.25, -0.2) is 5.43 Å².